The summed E-state index contributed by atoms with van der Waals surface area (Å²) in [6.45, 7) is 1.55. The van der Waals surface area contributed by atoms with E-state index in [2.05, 4.69) is 10.5 Å². The van der Waals surface area contributed by atoms with Gasteiger partial charge < -0.3 is 14.7 Å². The Hall–Kier alpha value is -2.63. The zero-order valence-corrected chi connectivity index (χ0v) is 16.8. The molecule has 4 rings (SSSR count). The van der Waals surface area contributed by atoms with Crippen LogP contribution in [-0.2, 0) is 17.9 Å². The Morgan fingerprint density at radius 2 is 1.79 bits per heavy atom. The van der Waals surface area contributed by atoms with Gasteiger partial charge in [-0.2, -0.15) is 0 Å². The third-order valence-corrected chi connectivity index (χ3v) is 5.87. The van der Waals surface area contributed by atoms with Crippen molar-refractivity contribution in [2.24, 2.45) is 11.8 Å². The van der Waals surface area contributed by atoms with Crippen molar-refractivity contribution in [1.82, 2.24) is 15.4 Å². The van der Waals surface area contributed by atoms with Gasteiger partial charge in [-0.05, 0) is 37.2 Å². The van der Waals surface area contributed by atoms with E-state index < -0.39 is 0 Å². The molecule has 0 saturated heterocycles. The Kier molecular flexibility index (Phi) is 6.27. The molecule has 6 heteroatoms. The quantitative estimate of drug-likeness (QED) is 0.735. The summed E-state index contributed by atoms with van der Waals surface area (Å²) in [5.41, 5.74) is 1.36. The van der Waals surface area contributed by atoms with E-state index in [0.717, 1.165) is 31.2 Å². The van der Waals surface area contributed by atoms with Crippen LogP contribution in [0.25, 0.3) is 0 Å². The van der Waals surface area contributed by atoms with Gasteiger partial charge in [-0.15, -0.1) is 0 Å². The Bertz CT molecular complexity index is 823. The number of carbonyl (C=O) groups is 2. The molecule has 154 valence electrons. The van der Waals surface area contributed by atoms with E-state index in [1.165, 1.54) is 19.3 Å². The molecule has 2 fully saturated rings. The van der Waals surface area contributed by atoms with Gasteiger partial charge in [0.1, 0.15) is 0 Å². The largest absolute Gasteiger partial charge is 0.359 e. The molecule has 29 heavy (non-hydrogen) atoms. The first-order valence-electron chi connectivity index (χ1n) is 10.8. The van der Waals surface area contributed by atoms with E-state index in [-0.39, 0.29) is 23.4 Å². The minimum atomic E-state index is -0.208. The molecule has 0 spiro atoms. The number of hydrogen-bond acceptors (Lipinski definition) is 4. The Morgan fingerprint density at radius 1 is 1.03 bits per heavy atom. The van der Waals surface area contributed by atoms with Crippen molar-refractivity contribution in [3.63, 3.8) is 0 Å². The van der Waals surface area contributed by atoms with Gasteiger partial charge in [-0.25, -0.2) is 0 Å². The SMILES string of the molecule is O=C(NCC1CC1)c1cc(CN(Cc2ccccc2)C(=O)C2CCCCC2)on1. The molecule has 2 aliphatic rings. The Balaban J connectivity index is 1.44. The highest BCUT2D eigenvalue weighted by Crippen LogP contribution is 2.28. The van der Waals surface area contributed by atoms with Crippen molar-refractivity contribution in [3.05, 3.63) is 53.4 Å². The van der Waals surface area contributed by atoms with Gasteiger partial charge in [-0.1, -0.05) is 54.8 Å². The van der Waals surface area contributed by atoms with Crippen LogP contribution in [0.5, 0.6) is 0 Å². The van der Waals surface area contributed by atoms with Crippen LogP contribution in [-0.4, -0.2) is 28.4 Å². The summed E-state index contributed by atoms with van der Waals surface area (Å²) in [6.07, 6.45) is 7.71. The van der Waals surface area contributed by atoms with Gasteiger partial charge in [0.2, 0.25) is 5.91 Å². The molecule has 1 aromatic heterocycles. The van der Waals surface area contributed by atoms with Gasteiger partial charge >= 0.3 is 0 Å². The van der Waals surface area contributed by atoms with Gasteiger partial charge in [0, 0.05) is 25.1 Å². The van der Waals surface area contributed by atoms with Crippen LogP contribution in [0, 0.1) is 11.8 Å². The third-order valence-electron chi connectivity index (χ3n) is 5.87. The summed E-state index contributed by atoms with van der Waals surface area (Å²) in [6, 6.07) is 11.6. The fraction of sp³-hybridized carbons (Fsp3) is 0.522. The fourth-order valence-corrected chi connectivity index (χ4v) is 3.96. The van der Waals surface area contributed by atoms with E-state index in [1.807, 2.05) is 35.2 Å². The van der Waals surface area contributed by atoms with Crippen LogP contribution in [0.2, 0.25) is 0 Å². The molecule has 6 nitrogen and oxygen atoms in total. The number of rotatable bonds is 8. The molecule has 1 heterocycles. The summed E-state index contributed by atoms with van der Waals surface area (Å²) >= 11 is 0. The first-order valence-corrected chi connectivity index (χ1v) is 10.8. The van der Waals surface area contributed by atoms with Crippen molar-refractivity contribution in [3.8, 4) is 0 Å². The van der Waals surface area contributed by atoms with E-state index in [9.17, 15) is 9.59 Å². The average Bonchev–Trinajstić information content (AvgIpc) is 3.48. The summed E-state index contributed by atoms with van der Waals surface area (Å²) < 4.78 is 5.41. The third kappa shape index (κ3) is 5.46. The summed E-state index contributed by atoms with van der Waals surface area (Å²) in [5, 5.41) is 6.82. The summed E-state index contributed by atoms with van der Waals surface area (Å²) in [5.74, 6) is 1.20. The maximum Gasteiger partial charge on any atom is 0.273 e. The van der Waals surface area contributed by atoms with Crippen LogP contribution in [0.4, 0.5) is 0 Å². The molecule has 2 aliphatic carbocycles. The van der Waals surface area contributed by atoms with Gasteiger partial charge in [-0.3, -0.25) is 9.59 Å². The Labute approximate surface area is 171 Å². The minimum Gasteiger partial charge on any atom is -0.359 e. The van der Waals surface area contributed by atoms with Crippen molar-refractivity contribution >= 4 is 11.8 Å². The summed E-state index contributed by atoms with van der Waals surface area (Å²) in [7, 11) is 0. The van der Waals surface area contributed by atoms with E-state index in [1.54, 1.807) is 6.07 Å². The number of nitrogens with zero attached hydrogens (tertiary/aromatic N) is 2. The van der Waals surface area contributed by atoms with Crippen molar-refractivity contribution in [2.45, 2.75) is 58.0 Å². The van der Waals surface area contributed by atoms with E-state index in [0.29, 0.717) is 31.3 Å². The first-order chi connectivity index (χ1) is 14.2. The summed E-state index contributed by atoms with van der Waals surface area (Å²) in [4.78, 5) is 27.3. The number of aromatic nitrogens is 1. The normalized spacial score (nSPS) is 17.1. The Morgan fingerprint density at radius 3 is 2.52 bits per heavy atom. The number of benzene rings is 1. The molecule has 1 N–H and O–H groups in total. The molecule has 2 amide bonds. The second-order valence-corrected chi connectivity index (χ2v) is 8.35. The second-order valence-electron chi connectivity index (χ2n) is 8.35. The lowest BCUT2D eigenvalue weighted by atomic mass is 9.88. The van der Waals surface area contributed by atoms with Crippen molar-refractivity contribution < 1.29 is 14.1 Å². The highest BCUT2D eigenvalue weighted by atomic mass is 16.5. The highest BCUT2D eigenvalue weighted by Gasteiger charge is 2.28. The van der Waals surface area contributed by atoms with Gasteiger partial charge in [0.15, 0.2) is 11.5 Å². The standard InChI is InChI=1S/C23H29N3O3/c27-22(24-14-17-11-12-17)21-13-20(29-25-21)16-26(15-18-7-3-1-4-8-18)23(28)19-9-5-2-6-10-19/h1,3-4,7-8,13,17,19H,2,5-6,9-12,14-16H2,(H,24,27). The number of nitrogens with one attached hydrogen (secondary N) is 1. The van der Waals surface area contributed by atoms with E-state index in [4.69, 9.17) is 4.52 Å². The number of carbonyl (C=O) groups excluding carboxylic acids is 2. The fourth-order valence-electron chi connectivity index (χ4n) is 3.96. The van der Waals surface area contributed by atoms with Crippen LogP contribution >= 0.6 is 0 Å². The molecular weight excluding hydrogens is 366 g/mol. The predicted molar refractivity (Wildman–Crippen MR) is 109 cm³/mol. The van der Waals surface area contributed by atoms with Crippen LogP contribution < -0.4 is 5.32 Å². The molecule has 0 unspecified atom stereocenters. The smallest absolute Gasteiger partial charge is 0.273 e. The second kappa shape index (κ2) is 9.25. The lowest BCUT2D eigenvalue weighted by Crippen LogP contribution is -2.36. The van der Waals surface area contributed by atoms with Gasteiger partial charge in [0.25, 0.3) is 5.91 Å². The lowest BCUT2D eigenvalue weighted by molar-refractivity contribution is -0.138. The van der Waals surface area contributed by atoms with Crippen LogP contribution in [0.1, 0.15) is 66.8 Å². The molecule has 1 aromatic carbocycles. The average molecular weight is 396 g/mol. The lowest BCUT2D eigenvalue weighted by Gasteiger charge is -2.28. The molecule has 0 aliphatic heterocycles. The van der Waals surface area contributed by atoms with Crippen molar-refractivity contribution in [2.75, 3.05) is 6.54 Å². The zero-order chi connectivity index (χ0) is 20.1. The zero-order valence-electron chi connectivity index (χ0n) is 16.8. The monoisotopic (exact) mass is 395 g/mol. The van der Waals surface area contributed by atoms with Crippen LogP contribution in [0.3, 0.4) is 0 Å². The molecular formula is C23H29N3O3. The van der Waals surface area contributed by atoms with Gasteiger partial charge in [0.05, 0.1) is 6.54 Å². The highest BCUT2D eigenvalue weighted by molar-refractivity contribution is 5.92. The molecule has 2 saturated carbocycles. The maximum atomic E-state index is 13.2. The minimum absolute atomic E-state index is 0.0803. The molecule has 0 atom stereocenters. The van der Waals surface area contributed by atoms with Crippen LogP contribution in [0.15, 0.2) is 40.9 Å². The predicted octanol–water partition coefficient (Wildman–Crippen LogP) is 3.92. The topological polar surface area (TPSA) is 75.4 Å². The number of amides is 2. The maximum absolute atomic E-state index is 13.2. The van der Waals surface area contributed by atoms with E-state index >= 15 is 0 Å². The first kappa shape index (κ1) is 19.7. The van der Waals surface area contributed by atoms with Crippen molar-refractivity contribution in [1.29, 1.82) is 0 Å². The number of hydrogen-bond donors (Lipinski definition) is 1. The molecule has 2 aromatic rings. The molecule has 0 bridgehead atoms. The molecule has 0 radical (unpaired) electrons.